The van der Waals surface area contributed by atoms with E-state index in [0.29, 0.717) is 11.8 Å². The third kappa shape index (κ3) is 2.43. The van der Waals surface area contributed by atoms with Crippen molar-refractivity contribution < 1.29 is 4.39 Å². The van der Waals surface area contributed by atoms with Crippen LogP contribution >= 0.6 is 0 Å². The third-order valence-corrected chi connectivity index (χ3v) is 3.42. The highest BCUT2D eigenvalue weighted by Crippen LogP contribution is 2.28. The molecule has 2 heteroatoms. The van der Waals surface area contributed by atoms with Crippen LogP contribution in [-0.2, 0) is 0 Å². The normalized spacial score (nSPS) is 21.4. The molecule has 1 fully saturated rings. The highest BCUT2D eigenvalue weighted by molar-refractivity contribution is 5.30. The Balaban J connectivity index is 2.27. The Kier molecular flexibility index (Phi) is 3.59. The van der Waals surface area contributed by atoms with Gasteiger partial charge in [0.1, 0.15) is 5.82 Å². The van der Waals surface area contributed by atoms with Crippen LogP contribution in [0.15, 0.2) is 18.2 Å². The van der Waals surface area contributed by atoms with Crippen LogP contribution < -0.4 is 5.32 Å². The molecule has 1 aromatic carbocycles. The van der Waals surface area contributed by atoms with Crippen LogP contribution in [0.25, 0.3) is 0 Å². The number of halogens is 1. The van der Waals surface area contributed by atoms with Crippen molar-refractivity contribution in [1.29, 1.82) is 0 Å². The van der Waals surface area contributed by atoms with E-state index in [1.165, 1.54) is 5.56 Å². The summed E-state index contributed by atoms with van der Waals surface area (Å²) < 4.78 is 13.8. The summed E-state index contributed by atoms with van der Waals surface area (Å²) in [6.07, 6.45) is 2.25. The van der Waals surface area contributed by atoms with Crippen LogP contribution in [0.5, 0.6) is 0 Å². The van der Waals surface area contributed by atoms with E-state index in [-0.39, 0.29) is 5.82 Å². The van der Waals surface area contributed by atoms with Crippen molar-refractivity contribution in [3.63, 3.8) is 0 Å². The van der Waals surface area contributed by atoms with E-state index in [2.05, 4.69) is 25.2 Å². The first-order chi connectivity index (χ1) is 7.68. The standard InChI is InChI=1S/C14H20FN/c1-10(2)11-5-6-14(15)13(8-11)12-4-3-7-16-9-12/h5-6,8,10,12,16H,3-4,7,9H2,1-2H3. The van der Waals surface area contributed by atoms with Crippen molar-refractivity contribution in [2.45, 2.75) is 38.5 Å². The predicted octanol–water partition coefficient (Wildman–Crippen LogP) is 3.42. The Hall–Kier alpha value is -0.890. The van der Waals surface area contributed by atoms with Crippen LogP contribution in [0.3, 0.4) is 0 Å². The molecule has 1 aliphatic rings. The van der Waals surface area contributed by atoms with E-state index < -0.39 is 0 Å². The molecule has 1 N–H and O–H groups in total. The van der Waals surface area contributed by atoms with Gasteiger partial charge in [0.25, 0.3) is 0 Å². The summed E-state index contributed by atoms with van der Waals surface area (Å²) in [6.45, 7) is 6.28. The largest absolute Gasteiger partial charge is 0.316 e. The van der Waals surface area contributed by atoms with Gasteiger partial charge in [-0.15, -0.1) is 0 Å². The highest BCUT2D eigenvalue weighted by Gasteiger charge is 2.19. The summed E-state index contributed by atoms with van der Waals surface area (Å²) in [5.74, 6) is 0.779. The molecule has 88 valence electrons. The number of hydrogen-bond acceptors (Lipinski definition) is 1. The lowest BCUT2D eigenvalue weighted by Gasteiger charge is -2.24. The first-order valence-electron chi connectivity index (χ1n) is 6.18. The van der Waals surface area contributed by atoms with Crippen molar-refractivity contribution in [3.8, 4) is 0 Å². The summed E-state index contributed by atoms with van der Waals surface area (Å²) in [5.41, 5.74) is 2.14. The molecule has 0 aliphatic carbocycles. The molecule has 0 radical (unpaired) electrons. The first-order valence-corrected chi connectivity index (χ1v) is 6.18. The number of benzene rings is 1. The topological polar surface area (TPSA) is 12.0 Å². The number of nitrogens with one attached hydrogen (secondary N) is 1. The smallest absolute Gasteiger partial charge is 0.126 e. The van der Waals surface area contributed by atoms with Gasteiger partial charge in [0.15, 0.2) is 0 Å². The van der Waals surface area contributed by atoms with Crippen molar-refractivity contribution >= 4 is 0 Å². The molecule has 0 spiro atoms. The van der Waals surface area contributed by atoms with Crippen molar-refractivity contribution in [1.82, 2.24) is 5.32 Å². The first kappa shape index (κ1) is 11.6. The Morgan fingerprint density at radius 2 is 2.19 bits per heavy atom. The minimum absolute atomic E-state index is 0.0434. The van der Waals surface area contributed by atoms with E-state index in [4.69, 9.17) is 0 Å². The SMILES string of the molecule is CC(C)c1ccc(F)c(C2CCCNC2)c1. The Labute approximate surface area is 97.1 Å². The van der Waals surface area contributed by atoms with E-state index in [9.17, 15) is 4.39 Å². The second-order valence-electron chi connectivity index (χ2n) is 4.98. The maximum Gasteiger partial charge on any atom is 0.126 e. The highest BCUT2D eigenvalue weighted by atomic mass is 19.1. The van der Waals surface area contributed by atoms with E-state index in [0.717, 1.165) is 31.5 Å². The molecular formula is C14H20FN. The van der Waals surface area contributed by atoms with Gasteiger partial charge in [-0.1, -0.05) is 26.0 Å². The lowest BCUT2D eigenvalue weighted by molar-refractivity contribution is 0.446. The van der Waals surface area contributed by atoms with Gasteiger partial charge < -0.3 is 5.32 Å². The number of rotatable bonds is 2. The van der Waals surface area contributed by atoms with Gasteiger partial charge in [-0.25, -0.2) is 4.39 Å². The average molecular weight is 221 g/mol. The molecule has 1 unspecified atom stereocenters. The molecule has 0 amide bonds. The van der Waals surface area contributed by atoms with Crippen molar-refractivity contribution in [2.24, 2.45) is 0 Å². The molecule has 1 aliphatic heterocycles. The average Bonchev–Trinajstić information content (AvgIpc) is 2.30. The maximum atomic E-state index is 13.8. The zero-order valence-corrected chi connectivity index (χ0v) is 10.1. The molecule has 1 saturated heterocycles. The van der Waals surface area contributed by atoms with Crippen LogP contribution in [0.1, 0.15) is 49.7 Å². The third-order valence-electron chi connectivity index (χ3n) is 3.42. The summed E-state index contributed by atoms with van der Waals surface area (Å²) in [6, 6.07) is 5.58. The van der Waals surface area contributed by atoms with E-state index in [1.807, 2.05) is 6.07 Å². The zero-order valence-electron chi connectivity index (χ0n) is 10.1. The molecular weight excluding hydrogens is 201 g/mol. The van der Waals surface area contributed by atoms with Gasteiger partial charge in [0, 0.05) is 6.54 Å². The number of hydrogen-bond donors (Lipinski definition) is 1. The van der Waals surface area contributed by atoms with E-state index >= 15 is 0 Å². The van der Waals surface area contributed by atoms with Gasteiger partial charge in [0.05, 0.1) is 0 Å². The molecule has 0 bridgehead atoms. The predicted molar refractivity (Wildman–Crippen MR) is 65.3 cm³/mol. The van der Waals surface area contributed by atoms with E-state index in [1.54, 1.807) is 6.07 Å². The summed E-state index contributed by atoms with van der Waals surface area (Å²) in [5, 5.41) is 3.34. The van der Waals surface area contributed by atoms with Gasteiger partial charge in [-0.3, -0.25) is 0 Å². The van der Waals surface area contributed by atoms with Gasteiger partial charge in [0.2, 0.25) is 0 Å². The van der Waals surface area contributed by atoms with Gasteiger partial charge in [-0.05, 0) is 48.4 Å². The fourth-order valence-electron chi connectivity index (χ4n) is 2.35. The Bertz CT molecular complexity index is 354. The van der Waals surface area contributed by atoms with Crippen LogP contribution in [0.2, 0.25) is 0 Å². The fourth-order valence-corrected chi connectivity index (χ4v) is 2.35. The summed E-state index contributed by atoms with van der Waals surface area (Å²) >= 11 is 0. The second-order valence-corrected chi connectivity index (χ2v) is 4.98. The summed E-state index contributed by atoms with van der Waals surface area (Å²) in [4.78, 5) is 0. The molecule has 16 heavy (non-hydrogen) atoms. The second kappa shape index (κ2) is 4.96. The summed E-state index contributed by atoms with van der Waals surface area (Å²) in [7, 11) is 0. The molecule has 0 saturated carbocycles. The lowest BCUT2D eigenvalue weighted by atomic mass is 9.88. The maximum absolute atomic E-state index is 13.8. The molecule has 1 heterocycles. The van der Waals surface area contributed by atoms with Gasteiger partial charge >= 0.3 is 0 Å². The minimum Gasteiger partial charge on any atom is -0.316 e. The lowest BCUT2D eigenvalue weighted by Crippen LogP contribution is -2.28. The molecule has 1 aromatic rings. The minimum atomic E-state index is -0.0434. The quantitative estimate of drug-likeness (QED) is 0.807. The fraction of sp³-hybridized carbons (Fsp3) is 0.571. The Morgan fingerprint density at radius 3 is 2.81 bits per heavy atom. The van der Waals surface area contributed by atoms with Crippen molar-refractivity contribution in [2.75, 3.05) is 13.1 Å². The van der Waals surface area contributed by atoms with Gasteiger partial charge in [-0.2, -0.15) is 0 Å². The van der Waals surface area contributed by atoms with Crippen LogP contribution in [-0.4, -0.2) is 13.1 Å². The number of piperidine rings is 1. The zero-order chi connectivity index (χ0) is 11.5. The monoisotopic (exact) mass is 221 g/mol. The van der Waals surface area contributed by atoms with Crippen LogP contribution in [0.4, 0.5) is 4.39 Å². The van der Waals surface area contributed by atoms with Crippen molar-refractivity contribution in [3.05, 3.63) is 35.1 Å². The molecule has 0 aromatic heterocycles. The molecule has 1 atom stereocenters. The molecule has 1 nitrogen and oxygen atoms in total. The molecule has 2 rings (SSSR count). The van der Waals surface area contributed by atoms with Crippen LogP contribution in [0, 0.1) is 5.82 Å². The Morgan fingerprint density at radius 1 is 1.38 bits per heavy atom.